The highest BCUT2D eigenvalue weighted by Crippen LogP contribution is 2.30. The monoisotopic (exact) mass is 344 g/mol. The maximum atomic E-state index is 12.3. The van der Waals surface area contributed by atoms with E-state index in [1.54, 1.807) is 24.3 Å². The van der Waals surface area contributed by atoms with Crippen molar-refractivity contribution in [3.05, 3.63) is 29.8 Å². The van der Waals surface area contributed by atoms with Crippen LogP contribution < -0.4 is 16.4 Å². The summed E-state index contributed by atoms with van der Waals surface area (Å²) in [5.41, 5.74) is 6.49. The Labute approximate surface area is 146 Å². The zero-order valence-corrected chi connectivity index (χ0v) is 14.2. The Morgan fingerprint density at radius 1 is 1.04 bits per heavy atom. The minimum absolute atomic E-state index is 0.0555. The first-order valence-corrected chi connectivity index (χ1v) is 8.73. The van der Waals surface area contributed by atoms with E-state index in [2.05, 4.69) is 10.6 Å². The van der Waals surface area contributed by atoms with Crippen LogP contribution in [0, 0.1) is 5.92 Å². The number of likely N-dealkylation sites (tertiary alicyclic amines) is 1. The number of piperidine rings is 1. The molecule has 0 radical (unpaired) electrons. The largest absolute Gasteiger partial charge is 0.369 e. The van der Waals surface area contributed by atoms with Gasteiger partial charge in [0.15, 0.2) is 0 Å². The second-order valence-corrected chi connectivity index (χ2v) is 6.83. The molecule has 1 saturated heterocycles. The summed E-state index contributed by atoms with van der Waals surface area (Å²) in [6.07, 6.45) is 3.53. The summed E-state index contributed by atoms with van der Waals surface area (Å²) in [4.78, 5) is 37.0. The van der Waals surface area contributed by atoms with Crippen LogP contribution in [-0.4, -0.2) is 48.3 Å². The summed E-state index contributed by atoms with van der Waals surface area (Å²) in [6, 6.07) is 7.06. The van der Waals surface area contributed by atoms with Crippen LogP contribution in [0.25, 0.3) is 0 Å². The molecule has 0 bridgehead atoms. The van der Waals surface area contributed by atoms with Gasteiger partial charge in [-0.15, -0.1) is 0 Å². The lowest BCUT2D eigenvalue weighted by atomic mass is 10.0. The van der Waals surface area contributed by atoms with Crippen molar-refractivity contribution in [3.63, 3.8) is 0 Å². The van der Waals surface area contributed by atoms with Gasteiger partial charge in [0.2, 0.25) is 11.8 Å². The fraction of sp³-hybridized carbons (Fsp3) is 0.500. The Bertz CT molecular complexity index is 647. The molecule has 1 saturated carbocycles. The number of rotatable bonds is 6. The van der Waals surface area contributed by atoms with Crippen molar-refractivity contribution in [1.29, 1.82) is 0 Å². The number of carbonyl (C=O) groups is 3. The molecule has 1 aliphatic heterocycles. The normalized spacial score (nSPS) is 18.6. The Balaban J connectivity index is 1.46. The minimum atomic E-state index is -0.323. The van der Waals surface area contributed by atoms with E-state index in [0.717, 1.165) is 38.8 Å². The molecular formula is C18H24N4O3. The number of nitrogens with two attached hydrogens (primary N) is 1. The Kier molecular flexibility index (Phi) is 5.33. The van der Waals surface area contributed by atoms with Gasteiger partial charge in [-0.25, -0.2) is 0 Å². The van der Waals surface area contributed by atoms with E-state index in [0.29, 0.717) is 11.3 Å². The molecule has 0 aromatic heterocycles. The van der Waals surface area contributed by atoms with Crippen molar-refractivity contribution < 1.29 is 14.4 Å². The van der Waals surface area contributed by atoms with E-state index in [-0.39, 0.29) is 36.2 Å². The Hall–Kier alpha value is -2.41. The van der Waals surface area contributed by atoms with Gasteiger partial charge in [-0.05, 0) is 49.9 Å². The minimum Gasteiger partial charge on any atom is -0.369 e. The molecule has 0 unspecified atom stereocenters. The van der Waals surface area contributed by atoms with Gasteiger partial charge in [0, 0.05) is 36.3 Å². The molecule has 2 aliphatic rings. The number of anilines is 1. The first-order valence-electron chi connectivity index (χ1n) is 8.73. The molecule has 1 aromatic rings. The van der Waals surface area contributed by atoms with Crippen LogP contribution in [0.1, 0.15) is 36.0 Å². The molecule has 1 aromatic carbocycles. The molecule has 4 N–H and O–H groups in total. The van der Waals surface area contributed by atoms with Crippen molar-refractivity contribution in [1.82, 2.24) is 10.2 Å². The van der Waals surface area contributed by atoms with Crippen LogP contribution in [0.5, 0.6) is 0 Å². The molecule has 134 valence electrons. The van der Waals surface area contributed by atoms with Crippen molar-refractivity contribution >= 4 is 23.4 Å². The number of benzene rings is 1. The lowest BCUT2D eigenvalue weighted by Gasteiger charge is -2.31. The van der Waals surface area contributed by atoms with Gasteiger partial charge in [-0.3, -0.25) is 19.3 Å². The molecule has 0 spiro atoms. The van der Waals surface area contributed by atoms with Gasteiger partial charge in [0.05, 0.1) is 6.54 Å². The smallest absolute Gasteiger partial charge is 0.251 e. The van der Waals surface area contributed by atoms with Gasteiger partial charge in [0.1, 0.15) is 0 Å². The zero-order valence-electron chi connectivity index (χ0n) is 14.2. The topological polar surface area (TPSA) is 105 Å². The van der Waals surface area contributed by atoms with E-state index in [1.807, 2.05) is 4.90 Å². The highest BCUT2D eigenvalue weighted by molar-refractivity contribution is 5.96. The van der Waals surface area contributed by atoms with E-state index in [4.69, 9.17) is 5.73 Å². The van der Waals surface area contributed by atoms with E-state index >= 15 is 0 Å². The second kappa shape index (κ2) is 7.65. The van der Waals surface area contributed by atoms with E-state index in [9.17, 15) is 14.4 Å². The molecule has 3 rings (SSSR count). The average Bonchev–Trinajstić information content (AvgIpc) is 3.42. The number of nitrogens with zero attached hydrogens (tertiary/aromatic N) is 1. The Morgan fingerprint density at radius 3 is 2.24 bits per heavy atom. The van der Waals surface area contributed by atoms with Gasteiger partial charge in [-0.2, -0.15) is 0 Å². The van der Waals surface area contributed by atoms with Crippen molar-refractivity contribution in [2.45, 2.75) is 31.7 Å². The predicted octanol–water partition coefficient (Wildman–Crippen LogP) is 0.715. The van der Waals surface area contributed by atoms with Crippen LogP contribution in [0.4, 0.5) is 5.69 Å². The lowest BCUT2D eigenvalue weighted by Crippen LogP contribution is -2.46. The van der Waals surface area contributed by atoms with E-state index < -0.39 is 0 Å². The number of nitrogens with one attached hydrogen (secondary N) is 2. The average molecular weight is 344 g/mol. The number of hydrogen-bond donors (Lipinski definition) is 3. The molecule has 2 fully saturated rings. The maximum absolute atomic E-state index is 12.3. The van der Waals surface area contributed by atoms with Crippen LogP contribution in [0.2, 0.25) is 0 Å². The van der Waals surface area contributed by atoms with Crippen LogP contribution in [0.3, 0.4) is 0 Å². The summed E-state index contributed by atoms with van der Waals surface area (Å²) in [5.74, 6) is -0.229. The van der Waals surface area contributed by atoms with Crippen LogP contribution in [-0.2, 0) is 9.59 Å². The highest BCUT2D eigenvalue weighted by Gasteiger charge is 2.29. The molecule has 1 heterocycles. The summed E-state index contributed by atoms with van der Waals surface area (Å²) >= 11 is 0. The maximum Gasteiger partial charge on any atom is 0.251 e. The van der Waals surface area contributed by atoms with Gasteiger partial charge in [-0.1, -0.05) is 0 Å². The summed E-state index contributed by atoms with van der Waals surface area (Å²) in [5, 5.41) is 5.89. The lowest BCUT2D eigenvalue weighted by molar-refractivity contribution is -0.119. The third-order valence-electron chi connectivity index (χ3n) is 4.67. The standard InChI is InChI=1S/C18H24N4O3/c19-16(23)11-22-9-7-15(8-10-22)21-18(25)13-3-5-14(6-4-13)20-17(24)12-1-2-12/h3-6,12,15H,1-2,7-11H2,(H2,19,23)(H,20,24)(H,21,25). The zero-order chi connectivity index (χ0) is 17.8. The van der Waals surface area contributed by atoms with Crippen molar-refractivity contribution in [3.8, 4) is 0 Å². The molecule has 1 aliphatic carbocycles. The second-order valence-electron chi connectivity index (χ2n) is 6.83. The number of carbonyl (C=O) groups excluding carboxylic acids is 3. The molecular weight excluding hydrogens is 320 g/mol. The molecule has 25 heavy (non-hydrogen) atoms. The molecule has 7 heteroatoms. The SMILES string of the molecule is NC(=O)CN1CCC(NC(=O)c2ccc(NC(=O)C3CC3)cc2)CC1. The predicted molar refractivity (Wildman–Crippen MR) is 93.9 cm³/mol. The fourth-order valence-corrected chi connectivity index (χ4v) is 3.02. The van der Waals surface area contributed by atoms with Crippen molar-refractivity contribution in [2.24, 2.45) is 11.7 Å². The van der Waals surface area contributed by atoms with Crippen LogP contribution >= 0.6 is 0 Å². The van der Waals surface area contributed by atoms with Gasteiger partial charge in [0.25, 0.3) is 5.91 Å². The first-order chi connectivity index (χ1) is 12.0. The molecule has 0 atom stereocenters. The number of hydrogen-bond acceptors (Lipinski definition) is 4. The number of amides is 3. The summed E-state index contributed by atoms with van der Waals surface area (Å²) in [6.45, 7) is 1.77. The summed E-state index contributed by atoms with van der Waals surface area (Å²) < 4.78 is 0. The van der Waals surface area contributed by atoms with Crippen LogP contribution in [0.15, 0.2) is 24.3 Å². The summed E-state index contributed by atoms with van der Waals surface area (Å²) in [7, 11) is 0. The highest BCUT2D eigenvalue weighted by atomic mass is 16.2. The third-order valence-corrected chi connectivity index (χ3v) is 4.67. The molecule has 7 nitrogen and oxygen atoms in total. The van der Waals surface area contributed by atoms with Gasteiger partial charge >= 0.3 is 0 Å². The number of primary amides is 1. The molecule has 3 amide bonds. The first kappa shape index (κ1) is 17.4. The third kappa shape index (κ3) is 5.03. The van der Waals surface area contributed by atoms with Gasteiger partial charge < -0.3 is 16.4 Å². The Morgan fingerprint density at radius 2 is 1.68 bits per heavy atom. The fourth-order valence-electron chi connectivity index (χ4n) is 3.02. The van der Waals surface area contributed by atoms with Crippen molar-refractivity contribution in [2.75, 3.05) is 25.0 Å². The van der Waals surface area contributed by atoms with E-state index in [1.165, 1.54) is 0 Å². The quantitative estimate of drug-likeness (QED) is 0.707.